The normalized spacial score (nSPS) is 10.6. The molecule has 13 heavy (non-hydrogen) atoms. The highest BCUT2D eigenvalue weighted by Gasteiger charge is 1.92. The van der Waals surface area contributed by atoms with Gasteiger partial charge in [-0.1, -0.05) is 12.2 Å². The number of anilines is 1. The predicted molar refractivity (Wildman–Crippen MR) is 54.7 cm³/mol. The molecule has 3 nitrogen and oxygen atoms in total. The first-order chi connectivity index (χ1) is 6.33. The molecule has 1 heterocycles. The van der Waals surface area contributed by atoms with E-state index in [0.29, 0.717) is 5.95 Å². The van der Waals surface area contributed by atoms with Crippen LogP contribution in [0.3, 0.4) is 0 Å². The van der Waals surface area contributed by atoms with Gasteiger partial charge in [0.2, 0.25) is 5.95 Å². The number of allylic oxidation sites excluding steroid dienone is 1. The van der Waals surface area contributed by atoms with Crippen molar-refractivity contribution in [2.45, 2.75) is 20.3 Å². The lowest BCUT2D eigenvalue weighted by Crippen LogP contribution is -2.04. The van der Waals surface area contributed by atoms with Gasteiger partial charge in [0, 0.05) is 18.4 Å². The van der Waals surface area contributed by atoms with E-state index in [9.17, 15) is 0 Å². The summed E-state index contributed by atoms with van der Waals surface area (Å²) in [6.07, 6.45) is 6.93. The van der Waals surface area contributed by atoms with Gasteiger partial charge in [-0.25, -0.2) is 9.97 Å². The largest absolute Gasteiger partial charge is 0.354 e. The van der Waals surface area contributed by atoms with E-state index in [1.807, 2.05) is 26.0 Å². The fourth-order valence-electron chi connectivity index (χ4n) is 0.968. The third kappa shape index (κ3) is 3.69. The minimum Gasteiger partial charge on any atom is -0.354 e. The summed E-state index contributed by atoms with van der Waals surface area (Å²) in [4.78, 5) is 8.32. The Bertz CT molecular complexity index is 281. The highest BCUT2D eigenvalue weighted by Crippen LogP contribution is 1.98. The zero-order valence-electron chi connectivity index (χ0n) is 8.12. The third-order valence-corrected chi connectivity index (χ3v) is 1.62. The fraction of sp³-hybridized carbons (Fsp3) is 0.400. The maximum Gasteiger partial charge on any atom is 0.222 e. The molecule has 1 aromatic rings. The minimum atomic E-state index is 0.713. The highest BCUT2D eigenvalue weighted by atomic mass is 15.1. The first-order valence-corrected chi connectivity index (χ1v) is 4.47. The molecule has 1 N–H and O–H groups in total. The molecule has 1 aromatic heterocycles. The molecule has 0 aromatic carbocycles. The summed E-state index contributed by atoms with van der Waals surface area (Å²) in [5.74, 6) is 0.713. The second-order valence-electron chi connectivity index (χ2n) is 2.81. The van der Waals surface area contributed by atoms with Gasteiger partial charge < -0.3 is 5.32 Å². The summed E-state index contributed by atoms with van der Waals surface area (Å²) in [6, 6.07) is 1.89. The van der Waals surface area contributed by atoms with Crippen LogP contribution in [0.2, 0.25) is 0 Å². The van der Waals surface area contributed by atoms with Gasteiger partial charge in [-0.05, 0) is 26.3 Å². The van der Waals surface area contributed by atoms with Crippen LogP contribution in [0.5, 0.6) is 0 Å². The molecular formula is C10H15N3. The molecule has 0 saturated carbocycles. The average molecular weight is 177 g/mol. The molecule has 3 heteroatoms. The number of nitrogens with zero attached hydrogens (tertiary/aromatic N) is 2. The van der Waals surface area contributed by atoms with Crippen LogP contribution in [0.4, 0.5) is 5.95 Å². The van der Waals surface area contributed by atoms with Crippen molar-refractivity contribution in [3.05, 3.63) is 30.1 Å². The molecular weight excluding hydrogens is 162 g/mol. The molecule has 0 spiro atoms. The summed E-state index contributed by atoms with van der Waals surface area (Å²) in [6.45, 7) is 4.86. The Morgan fingerprint density at radius 1 is 1.54 bits per heavy atom. The number of aromatic nitrogens is 2. The van der Waals surface area contributed by atoms with Crippen molar-refractivity contribution in [3.63, 3.8) is 0 Å². The molecule has 70 valence electrons. The minimum absolute atomic E-state index is 0.713. The summed E-state index contributed by atoms with van der Waals surface area (Å²) >= 11 is 0. The van der Waals surface area contributed by atoms with Crippen molar-refractivity contribution < 1.29 is 0 Å². The van der Waals surface area contributed by atoms with Crippen LogP contribution in [0.25, 0.3) is 0 Å². The van der Waals surface area contributed by atoms with Gasteiger partial charge in [0.25, 0.3) is 0 Å². The Morgan fingerprint density at radius 3 is 3.08 bits per heavy atom. The Labute approximate surface area is 78.9 Å². The van der Waals surface area contributed by atoms with Crippen LogP contribution in [0.1, 0.15) is 19.0 Å². The monoisotopic (exact) mass is 177 g/mol. The van der Waals surface area contributed by atoms with Crippen LogP contribution in [0.15, 0.2) is 24.4 Å². The van der Waals surface area contributed by atoms with E-state index in [-0.39, 0.29) is 0 Å². The van der Waals surface area contributed by atoms with Crippen molar-refractivity contribution in [2.24, 2.45) is 0 Å². The molecule has 0 aliphatic carbocycles. The van der Waals surface area contributed by atoms with Crippen LogP contribution < -0.4 is 5.32 Å². The van der Waals surface area contributed by atoms with E-state index in [4.69, 9.17) is 0 Å². The van der Waals surface area contributed by atoms with Gasteiger partial charge >= 0.3 is 0 Å². The number of nitrogens with one attached hydrogen (secondary N) is 1. The van der Waals surface area contributed by atoms with E-state index in [0.717, 1.165) is 18.7 Å². The standard InChI is InChI=1S/C10H15N3/c1-3-4-5-7-11-10-12-8-6-9(2)13-10/h3-4,6,8H,5,7H2,1-2H3,(H,11,12,13)/b4-3+. The maximum atomic E-state index is 4.22. The quantitative estimate of drug-likeness (QED) is 0.565. The van der Waals surface area contributed by atoms with Crippen molar-refractivity contribution >= 4 is 5.95 Å². The lowest BCUT2D eigenvalue weighted by atomic mass is 10.4. The predicted octanol–water partition coefficient (Wildman–Crippen LogP) is 2.16. The molecule has 0 atom stereocenters. The molecule has 0 fully saturated rings. The number of rotatable bonds is 4. The molecule has 0 saturated heterocycles. The first kappa shape index (κ1) is 9.71. The van der Waals surface area contributed by atoms with Gasteiger partial charge in [-0.3, -0.25) is 0 Å². The van der Waals surface area contributed by atoms with E-state index < -0.39 is 0 Å². The van der Waals surface area contributed by atoms with Crippen LogP contribution in [0, 0.1) is 6.92 Å². The summed E-state index contributed by atoms with van der Waals surface area (Å²) in [7, 11) is 0. The number of aryl methyl sites for hydroxylation is 1. The van der Waals surface area contributed by atoms with Crippen LogP contribution >= 0.6 is 0 Å². The number of hydrogen-bond donors (Lipinski definition) is 1. The molecule has 0 amide bonds. The Morgan fingerprint density at radius 2 is 2.38 bits per heavy atom. The number of hydrogen-bond acceptors (Lipinski definition) is 3. The van der Waals surface area contributed by atoms with Gasteiger partial charge in [0.15, 0.2) is 0 Å². The van der Waals surface area contributed by atoms with E-state index in [1.165, 1.54) is 0 Å². The molecule has 0 aliphatic rings. The SMILES string of the molecule is C/C=C/CCNc1nccc(C)n1. The zero-order chi connectivity index (χ0) is 9.52. The lowest BCUT2D eigenvalue weighted by Gasteiger charge is -2.02. The zero-order valence-corrected chi connectivity index (χ0v) is 8.12. The van der Waals surface area contributed by atoms with E-state index >= 15 is 0 Å². The van der Waals surface area contributed by atoms with Crippen molar-refractivity contribution in [2.75, 3.05) is 11.9 Å². The lowest BCUT2D eigenvalue weighted by molar-refractivity contribution is 0.999. The molecule has 0 unspecified atom stereocenters. The van der Waals surface area contributed by atoms with Crippen molar-refractivity contribution in [1.82, 2.24) is 9.97 Å². The van der Waals surface area contributed by atoms with Gasteiger partial charge in [0.05, 0.1) is 0 Å². The van der Waals surface area contributed by atoms with Crippen molar-refractivity contribution in [3.8, 4) is 0 Å². The van der Waals surface area contributed by atoms with E-state index in [2.05, 4.69) is 21.4 Å². The smallest absolute Gasteiger partial charge is 0.222 e. The molecule has 0 bridgehead atoms. The molecule has 0 aliphatic heterocycles. The van der Waals surface area contributed by atoms with E-state index in [1.54, 1.807) is 6.20 Å². The van der Waals surface area contributed by atoms with Gasteiger partial charge in [-0.15, -0.1) is 0 Å². The van der Waals surface area contributed by atoms with Crippen LogP contribution in [-0.4, -0.2) is 16.5 Å². The second-order valence-corrected chi connectivity index (χ2v) is 2.81. The Kier molecular flexibility index (Phi) is 3.96. The first-order valence-electron chi connectivity index (χ1n) is 4.47. The fourth-order valence-corrected chi connectivity index (χ4v) is 0.968. The summed E-state index contributed by atoms with van der Waals surface area (Å²) in [5, 5.41) is 3.15. The topological polar surface area (TPSA) is 37.8 Å². The molecule has 0 radical (unpaired) electrons. The third-order valence-electron chi connectivity index (χ3n) is 1.62. The average Bonchev–Trinajstić information content (AvgIpc) is 2.13. The van der Waals surface area contributed by atoms with Crippen LogP contribution in [-0.2, 0) is 0 Å². The van der Waals surface area contributed by atoms with Gasteiger partial charge in [0.1, 0.15) is 0 Å². The summed E-state index contributed by atoms with van der Waals surface area (Å²) in [5.41, 5.74) is 0.989. The molecule has 1 rings (SSSR count). The maximum absolute atomic E-state index is 4.22. The second kappa shape index (κ2) is 5.30. The van der Waals surface area contributed by atoms with Gasteiger partial charge in [-0.2, -0.15) is 0 Å². The summed E-state index contributed by atoms with van der Waals surface area (Å²) < 4.78 is 0. The highest BCUT2D eigenvalue weighted by molar-refractivity contribution is 5.24. The van der Waals surface area contributed by atoms with Crippen molar-refractivity contribution in [1.29, 1.82) is 0 Å². The Balaban J connectivity index is 2.36. The Hall–Kier alpha value is -1.38.